The van der Waals surface area contributed by atoms with Crippen molar-refractivity contribution in [3.8, 4) is 0 Å². The summed E-state index contributed by atoms with van der Waals surface area (Å²) in [6.07, 6.45) is 9.63. The van der Waals surface area contributed by atoms with Gasteiger partial charge in [0.05, 0.1) is 48.9 Å². The van der Waals surface area contributed by atoms with E-state index in [9.17, 15) is 4.79 Å². The first-order valence-corrected chi connectivity index (χ1v) is 15.7. The van der Waals surface area contributed by atoms with Crippen LogP contribution in [0.1, 0.15) is 70.1 Å². The smallest absolute Gasteiger partial charge is 0.243 e. The Hall–Kier alpha value is -2.69. The van der Waals surface area contributed by atoms with Crippen LogP contribution in [-0.4, -0.2) is 47.4 Å². The summed E-state index contributed by atoms with van der Waals surface area (Å²) in [5.41, 5.74) is 8.27. The van der Waals surface area contributed by atoms with Crippen molar-refractivity contribution in [3.05, 3.63) is 35.7 Å². The van der Waals surface area contributed by atoms with Crippen LogP contribution in [0.5, 0.6) is 0 Å². The fourth-order valence-corrected chi connectivity index (χ4v) is 6.01. The molecular formula is C26H36N6O3Si. The van der Waals surface area contributed by atoms with E-state index in [1.54, 1.807) is 17.3 Å². The van der Waals surface area contributed by atoms with E-state index in [4.69, 9.17) is 19.9 Å². The molecule has 1 aliphatic carbocycles. The number of rotatable bonds is 5. The van der Waals surface area contributed by atoms with Gasteiger partial charge in [-0.15, -0.1) is 0 Å². The van der Waals surface area contributed by atoms with Gasteiger partial charge in [-0.25, -0.2) is 19.9 Å². The lowest BCUT2D eigenvalue weighted by Gasteiger charge is -2.35. The summed E-state index contributed by atoms with van der Waals surface area (Å²) in [5.74, 6) is 2.06. The minimum atomic E-state index is -2.02. The molecule has 4 heterocycles. The van der Waals surface area contributed by atoms with Gasteiger partial charge in [0, 0.05) is 0 Å². The fourth-order valence-electron chi connectivity index (χ4n) is 5.09. The third-order valence-corrected chi connectivity index (χ3v) is 12.7. The van der Waals surface area contributed by atoms with Crippen molar-refractivity contribution in [2.45, 2.75) is 83.0 Å². The number of nitrogens with zero attached hydrogens (tertiary/aromatic N) is 5. The molecule has 2 aliphatic heterocycles. The lowest BCUT2D eigenvalue weighted by Crippen LogP contribution is -2.40. The van der Waals surface area contributed by atoms with Crippen LogP contribution in [0.25, 0.3) is 5.57 Å². The Kier molecular flexibility index (Phi) is 6.25. The molecule has 1 fully saturated rings. The summed E-state index contributed by atoms with van der Waals surface area (Å²) >= 11 is 0. The molecule has 36 heavy (non-hydrogen) atoms. The Labute approximate surface area is 213 Å². The van der Waals surface area contributed by atoms with Crippen molar-refractivity contribution < 1.29 is 14.0 Å². The molecule has 0 aromatic carbocycles. The first kappa shape index (κ1) is 25.0. The number of fused-ring (bicyclic) bond motifs is 2. The molecule has 3 aliphatic rings. The zero-order chi connectivity index (χ0) is 25.7. The topological polar surface area (TPSA) is 116 Å². The highest BCUT2D eigenvalue weighted by Gasteiger charge is 2.55. The number of carbonyl (C=O) groups excluding carboxylic acids is 1. The third-order valence-electron chi connectivity index (χ3n) is 8.24. The summed E-state index contributed by atoms with van der Waals surface area (Å²) in [5, 5.41) is 0.0597. The third kappa shape index (κ3) is 4.14. The van der Waals surface area contributed by atoms with Crippen LogP contribution in [0.2, 0.25) is 18.1 Å². The van der Waals surface area contributed by atoms with Crippen LogP contribution in [0.3, 0.4) is 0 Å². The normalized spacial score (nSPS) is 19.6. The zero-order valence-corrected chi connectivity index (χ0v) is 22.9. The second kappa shape index (κ2) is 9.00. The molecule has 2 aromatic rings. The molecule has 2 aromatic heterocycles. The Morgan fingerprint density at radius 2 is 1.86 bits per heavy atom. The molecule has 10 heteroatoms. The van der Waals surface area contributed by atoms with Crippen LogP contribution in [0.4, 0.5) is 17.3 Å². The molecule has 9 nitrogen and oxygen atoms in total. The maximum absolute atomic E-state index is 14.0. The Morgan fingerprint density at radius 3 is 2.47 bits per heavy atom. The fraction of sp³-hybridized carbons (Fsp3) is 0.577. The Balaban J connectivity index is 1.52. The van der Waals surface area contributed by atoms with Crippen molar-refractivity contribution in [2.24, 2.45) is 0 Å². The van der Waals surface area contributed by atoms with Crippen molar-refractivity contribution in [3.63, 3.8) is 0 Å². The van der Waals surface area contributed by atoms with E-state index in [2.05, 4.69) is 48.8 Å². The number of aromatic nitrogens is 4. The van der Waals surface area contributed by atoms with Gasteiger partial charge in [0.15, 0.2) is 20.0 Å². The molecule has 0 atom stereocenters. The number of hydrogen-bond acceptors (Lipinski definition) is 8. The van der Waals surface area contributed by atoms with Crippen LogP contribution >= 0.6 is 0 Å². The van der Waals surface area contributed by atoms with Crippen LogP contribution < -0.4 is 10.6 Å². The number of hydrogen-bond donors (Lipinski definition) is 1. The molecule has 0 saturated heterocycles. The number of anilines is 3. The minimum absolute atomic E-state index is 0.0138. The maximum Gasteiger partial charge on any atom is 0.243 e. The summed E-state index contributed by atoms with van der Waals surface area (Å²) < 4.78 is 11.8. The van der Waals surface area contributed by atoms with E-state index in [0.29, 0.717) is 42.2 Å². The van der Waals surface area contributed by atoms with E-state index < -0.39 is 13.7 Å². The number of carbonyl (C=O) groups is 1. The maximum atomic E-state index is 14.0. The van der Waals surface area contributed by atoms with Crippen molar-refractivity contribution in [2.75, 3.05) is 23.8 Å². The van der Waals surface area contributed by atoms with E-state index in [1.807, 2.05) is 6.08 Å². The van der Waals surface area contributed by atoms with E-state index >= 15 is 0 Å². The molecular weight excluding hydrogens is 472 g/mol. The lowest BCUT2D eigenvalue weighted by atomic mass is 9.80. The molecule has 0 bridgehead atoms. The van der Waals surface area contributed by atoms with Gasteiger partial charge in [-0.05, 0) is 43.0 Å². The van der Waals surface area contributed by atoms with Gasteiger partial charge in [-0.3, -0.25) is 9.69 Å². The monoisotopic (exact) mass is 508 g/mol. The Bertz CT molecular complexity index is 1200. The van der Waals surface area contributed by atoms with Crippen LogP contribution in [0, 0.1) is 0 Å². The van der Waals surface area contributed by atoms with Gasteiger partial charge < -0.3 is 14.9 Å². The van der Waals surface area contributed by atoms with Crippen molar-refractivity contribution in [1.29, 1.82) is 0 Å². The van der Waals surface area contributed by atoms with Gasteiger partial charge in [-0.2, -0.15) is 0 Å². The van der Waals surface area contributed by atoms with Gasteiger partial charge in [0.2, 0.25) is 5.91 Å². The number of amides is 1. The van der Waals surface area contributed by atoms with Crippen molar-refractivity contribution >= 4 is 37.1 Å². The van der Waals surface area contributed by atoms with E-state index in [0.717, 1.165) is 43.2 Å². The largest absolute Gasteiger partial charge is 0.409 e. The molecule has 0 radical (unpaired) electrons. The van der Waals surface area contributed by atoms with Gasteiger partial charge in [0.25, 0.3) is 0 Å². The van der Waals surface area contributed by atoms with E-state index in [-0.39, 0.29) is 17.6 Å². The van der Waals surface area contributed by atoms with Gasteiger partial charge >= 0.3 is 0 Å². The lowest BCUT2D eigenvalue weighted by molar-refractivity contribution is -0.122. The highest BCUT2D eigenvalue weighted by Crippen LogP contribution is 2.54. The SMILES string of the molecule is CC(C)(C)[Si](C)(C)OCc1nc(N)c2c(n1)N(c1cnc(C3=CCOCC3)nc1)C(=O)C21CCCC1. The van der Waals surface area contributed by atoms with Crippen LogP contribution in [-0.2, 0) is 26.0 Å². The molecule has 192 valence electrons. The highest BCUT2D eigenvalue weighted by atomic mass is 28.4. The Morgan fingerprint density at radius 1 is 1.17 bits per heavy atom. The minimum Gasteiger partial charge on any atom is -0.409 e. The molecule has 1 saturated carbocycles. The second-order valence-electron chi connectivity index (χ2n) is 11.5. The standard InChI is InChI=1S/C26H36N6O3Si/c1-25(2,3)36(4,5)35-16-19-30-21(27)20-23(31-19)32(24(33)26(20)10-6-7-11-26)18-14-28-22(29-15-18)17-8-12-34-13-9-17/h8,14-15H,6-7,9-13,16H2,1-5H3,(H2,27,30,31). The average molecular weight is 509 g/mol. The van der Waals surface area contributed by atoms with Crippen molar-refractivity contribution in [1.82, 2.24) is 19.9 Å². The van der Waals surface area contributed by atoms with Crippen LogP contribution in [0.15, 0.2) is 18.5 Å². The quantitative estimate of drug-likeness (QED) is 0.580. The molecule has 2 N–H and O–H groups in total. The second-order valence-corrected chi connectivity index (χ2v) is 16.3. The number of nitrogens with two attached hydrogens (primary N) is 1. The van der Waals surface area contributed by atoms with Gasteiger partial charge in [-0.1, -0.05) is 39.7 Å². The predicted octanol–water partition coefficient (Wildman–Crippen LogP) is 4.66. The summed E-state index contributed by atoms with van der Waals surface area (Å²) in [6.45, 7) is 12.5. The molecule has 1 spiro atoms. The first-order valence-electron chi connectivity index (χ1n) is 12.8. The summed E-state index contributed by atoms with van der Waals surface area (Å²) in [4.78, 5) is 34.3. The van der Waals surface area contributed by atoms with Gasteiger partial charge in [0.1, 0.15) is 11.6 Å². The number of nitrogen functional groups attached to an aromatic ring is 1. The first-order chi connectivity index (χ1) is 17.0. The zero-order valence-electron chi connectivity index (χ0n) is 21.9. The predicted molar refractivity (Wildman–Crippen MR) is 141 cm³/mol. The number of ether oxygens (including phenoxy) is 1. The highest BCUT2D eigenvalue weighted by molar-refractivity contribution is 6.74. The van der Waals surface area contributed by atoms with E-state index in [1.165, 1.54) is 0 Å². The average Bonchev–Trinajstić information content (AvgIpc) is 3.42. The molecule has 1 amide bonds. The molecule has 5 rings (SSSR count). The summed E-state index contributed by atoms with van der Waals surface area (Å²) in [7, 11) is -2.02. The molecule has 0 unspecified atom stereocenters. The summed E-state index contributed by atoms with van der Waals surface area (Å²) in [6, 6.07) is 0.